The van der Waals surface area contributed by atoms with Crippen LogP contribution in [0.1, 0.15) is 30.5 Å². The van der Waals surface area contributed by atoms with E-state index in [2.05, 4.69) is 23.5 Å². The summed E-state index contributed by atoms with van der Waals surface area (Å²) in [6.07, 6.45) is 3.43. The average Bonchev–Trinajstić information content (AvgIpc) is 2.59. The van der Waals surface area contributed by atoms with Crippen LogP contribution in [0.4, 0.5) is 0 Å². The Bertz CT molecular complexity index is 496. The molecule has 0 aromatic heterocycles. The summed E-state index contributed by atoms with van der Waals surface area (Å²) in [5.41, 5.74) is 2.71. The lowest BCUT2D eigenvalue weighted by Crippen LogP contribution is -2.34. The largest absolute Gasteiger partial charge is 0.306 e. The topological polar surface area (TPSA) is 46.2 Å². The van der Waals surface area contributed by atoms with Gasteiger partial charge in [-0.15, -0.1) is 0 Å². The maximum Gasteiger partial charge on any atom is 0.148 e. The van der Waals surface area contributed by atoms with E-state index in [1.54, 1.807) is 0 Å². The molecule has 0 aliphatic heterocycles. The minimum atomic E-state index is -2.90. The number of aryl methyl sites for hydroxylation is 1. The molecule has 0 spiro atoms. The Morgan fingerprint density at radius 3 is 2.82 bits per heavy atom. The highest BCUT2D eigenvalue weighted by Gasteiger charge is 2.23. The Morgan fingerprint density at radius 1 is 1.41 bits per heavy atom. The molecule has 0 bridgehead atoms. The van der Waals surface area contributed by atoms with E-state index >= 15 is 0 Å². The Morgan fingerprint density at radius 2 is 2.12 bits per heavy atom. The van der Waals surface area contributed by atoms with E-state index in [1.165, 1.54) is 17.4 Å². The van der Waals surface area contributed by atoms with Crippen molar-refractivity contribution in [3.8, 4) is 0 Å². The first-order chi connectivity index (χ1) is 7.96. The fourth-order valence-corrected chi connectivity index (χ4v) is 3.58. The Kier molecular flexibility index (Phi) is 3.54. The van der Waals surface area contributed by atoms with Crippen LogP contribution in [-0.2, 0) is 16.3 Å². The summed E-state index contributed by atoms with van der Waals surface area (Å²) in [5, 5.41) is 3.41. The van der Waals surface area contributed by atoms with Crippen LogP contribution in [0.3, 0.4) is 0 Å². The smallest absolute Gasteiger partial charge is 0.148 e. The van der Waals surface area contributed by atoms with E-state index in [-0.39, 0.29) is 11.8 Å². The fraction of sp³-hybridized carbons (Fsp3) is 0.538. The molecule has 2 rings (SSSR count). The van der Waals surface area contributed by atoms with Gasteiger partial charge in [-0.2, -0.15) is 0 Å². The van der Waals surface area contributed by atoms with E-state index in [0.717, 1.165) is 12.8 Å². The summed E-state index contributed by atoms with van der Waals surface area (Å²) in [4.78, 5) is 0. The van der Waals surface area contributed by atoms with E-state index in [9.17, 15) is 8.42 Å². The first-order valence-electron chi connectivity index (χ1n) is 5.97. The first kappa shape index (κ1) is 12.6. The molecule has 94 valence electrons. The average molecular weight is 253 g/mol. The highest BCUT2D eigenvalue weighted by molar-refractivity contribution is 7.90. The van der Waals surface area contributed by atoms with E-state index in [1.807, 2.05) is 13.0 Å². The molecule has 1 aliphatic rings. The van der Waals surface area contributed by atoms with Crippen LogP contribution in [0.25, 0.3) is 0 Å². The predicted molar refractivity (Wildman–Crippen MR) is 69.8 cm³/mol. The molecule has 4 heteroatoms. The zero-order chi connectivity index (χ0) is 12.5. The van der Waals surface area contributed by atoms with E-state index < -0.39 is 9.84 Å². The molecule has 0 saturated heterocycles. The molecule has 0 fully saturated rings. The number of hydrogen-bond donors (Lipinski definition) is 1. The van der Waals surface area contributed by atoms with Gasteiger partial charge in [-0.25, -0.2) is 8.42 Å². The van der Waals surface area contributed by atoms with Gasteiger partial charge in [0, 0.05) is 18.3 Å². The molecular weight excluding hydrogens is 234 g/mol. The van der Waals surface area contributed by atoms with Crippen molar-refractivity contribution in [1.29, 1.82) is 0 Å². The van der Waals surface area contributed by atoms with Crippen molar-refractivity contribution in [3.63, 3.8) is 0 Å². The van der Waals surface area contributed by atoms with Crippen LogP contribution >= 0.6 is 0 Å². The minimum absolute atomic E-state index is 0.00107. The number of fused-ring (bicyclic) bond motifs is 1. The third-order valence-corrected chi connectivity index (χ3v) is 4.28. The fourth-order valence-electron chi connectivity index (χ4n) is 2.58. The van der Waals surface area contributed by atoms with Crippen molar-refractivity contribution < 1.29 is 8.42 Å². The maximum absolute atomic E-state index is 11.2. The van der Waals surface area contributed by atoms with Gasteiger partial charge in [-0.1, -0.05) is 24.3 Å². The lowest BCUT2D eigenvalue weighted by atomic mass is 10.1. The third-order valence-electron chi connectivity index (χ3n) is 3.17. The number of benzene rings is 1. The summed E-state index contributed by atoms with van der Waals surface area (Å²) in [7, 11) is -2.90. The second-order valence-corrected chi connectivity index (χ2v) is 7.14. The molecular formula is C13H19NO2S. The summed E-state index contributed by atoms with van der Waals surface area (Å²) >= 11 is 0. The standard InChI is InChI=1S/C13H19NO2S/c1-10(9-17(2,15)16)14-13-8-7-11-5-3-4-6-12(11)13/h3-6,10,13-14H,7-9H2,1-2H3. The van der Waals surface area contributed by atoms with Gasteiger partial charge in [0.2, 0.25) is 0 Å². The van der Waals surface area contributed by atoms with E-state index in [0.29, 0.717) is 6.04 Å². The van der Waals surface area contributed by atoms with Crippen molar-refractivity contribution in [1.82, 2.24) is 5.32 Å². The molecule has 1 aromatic carbocycles. The molecule has 2 atom stereocenters. The zero-order valence-electron chi connectivity index (χ0n) is 10.3. The Labute approximate surface area is 103 Å². The maximum atomic E-state index is 11.2. The van der Waals surface area contributed by atoms with Crippen LogP contribution in [0.5, 0.6) is 0 Å². The van der Waals surface area contributed by atoms with Gasteiger partial charge in [0.25, 0.3) is 0 Å². The van der Waals surface area contributed by atoms with Crippen molar-refractivity contribution in [2.45, 2.75) is 31.8 Å². The van der Waals surface area contributed by atoms with Crippen LogP contribution in [0, 0.1) is 0 Å². The lowest BCUT2D eigenvalue weighted by Gasteiger charge is -2.19. The molecule has 17 heavy (non-hydrogen) atoms. The zero-order valence-corrected chi connectivity index (χ0v) is 11.1. The second-order valence-electron chi connectivity index (χ2n) is 4.95. The van der Waals surface area contributed by atoms with Crippen molar-refractivity contribution in [2.24, 2.45) is 0 Å². The van der Waals surface area contributed by atoms with Crippen LogP contribution < -0.4 is 5.32 Å². The molecule has 1 aromatic rings. The molecule has 0 saturated carbocycles. The molecule has 2 unspecified atom stereocenters. The van der Waals surface area contributed by atoms with Gasteiger partial charge in [0.05, 0.1) is 5.75 Å². The second kappa shape index (κ2) is 4.78. The molecule has 3 nitrogen and oxygen atoms in total. The monoisotopic (exact) mass is 253 g/mol. The molecule has 1 aliphatic carbocycles. The normalized spacial score (nSPS) is 21.2. The van der Waals surface area contributed by atoms with Gasteiger partial charge < -0.3 is 5.32 Å². The Hall–Kier alpha value is -0.870. The van der Waals surface area contributed by atoms with E-state index in [4.69, 9.17) is 0 Å². The van der Waals surface area contributed by atoms with Gasteiger partial charge in [-0.05, 0) is 30.9 Å². The number of nitrogens with one attached hydrogen (secondary N) is 1. The number of hydrogen-bond acceptors (Lipinski definition) is 3. The molecule has 1 N–H and O–H groups in total. The van der Waals surface area contributed by atoms with Gasteiger partial charge >= 0.3 is 0 Å². The number of rotatable bonds is 4. The summed E-state index contributed by atoms with van der Waals surface area (Å²) < 4.78 is 22.4. The highest BCUT2D eigenvalue weighted by atomic mass is 32.2. The summed E-state index contributed by atoms with van der Waals surface area (Å²) in [5.74, 6) is 0.200. The van der Waals surface area contributed by atoms with Crippen molar-refractivity contribution in [2.75, 3.05) is 12.0 Å². The highest BCUT2D eigenvalue weighted by Crippen LogP contribution is 2.30. The van der Waals surface area contributed by atoms with Gasteiger partial charge in [0.15, 0.2) is 0 Å². The summed E-state index contributed by atoms with van der Waals surface area (Å²) in [6, 6.07) is 8.69. The Balaban J connectivity index is 2.02. The third kappa shape index (κ3) is 3.30. The molecule has 0 amide bonds. The molecule has 0 heterocycles. The van der Waals surface area contributed by atoms with Gasteiger partial charge in [-0.3, -0.25) is 0 Å². The number of sulfone groups is 1. The first-order valence-corrected chi connectivity index (χ1v) is 8.03. The van der Waals surface area contributed by atoms with Crippen molar-refractivity contribution in [3.05, 3.63) is 35.4 Å². The van der Waals surface area contributed by atoms with Crippen molar-refractivity contribution >= 4 is 9.84 Å². The SMILES string of the molecule is CC(CS(C)(=O)=O)NC1CCc2ccccc21. The minimum Gasteiger partial charge on any atom is -0.306 e. The summed E-state index contributed by atoms with van der Waals surface area (Å²) in [6.45, 7) is 1.93. The quantitative estimate of drug-likeness (QED) is 0.888. The molecule has 0 radical (unpaired) electrons. The van der Waals surface area contributed by atoms with Crippen LogP contribution in [0.2, 0.25) is 0 Å². The van der Waals surface area contributed by atoms with Gasteiger partial charge in [0.1, 0.15) is 9.84 Å². The lowest BCUT2D eigenvalue weighted by molar-refractivity contribution is 0.472. The predicted octanol–water partition coefficient (Wildman–Crippen LogP) is 1.70. The van der Waals surface area contributed by atoms with Crippen LogP contribution in [-0.4, -0.2) is 26.5 Å². The van der Waals surface area contributed by atoms with Crippen LogP contribution in [0.15, 0.2) is 24.3 Å².